The van der Waals surface area contributed by atoms with Gasteiger partial charge in [0.15, 0.2) is 5.82 Å². The van der Waals surface area contributed by atoms with E-state index in [2.05, 4.69) is 74.2 Å². The second-order valence-electron chi connectivity index (χ2n) is 10.2. The molecule has 1 atom stereocenters. The first-order valence-corrected chi connectivity index (χ1v) is 13.6. The Morgan fingerprint density at radius 1 is 0.842 bits per heavy atom. The van der Waals surface area contributed by atoms with Crippen LogP contribution in [0.4, 0.5) is 5.82 Å². The van der Waals surface area contributed by atoms with Crippen LogP contribution in [0.5, 0.6) is 0 Å². The summed E-state index contributed by atoms with van der Waals surface area (Å²) in [6.07, 6.45) is 1.58. The second kappa shape index (κ2) is 11.6. The maximum absolute atomic E-state index is 13.5. The Bertz CT molecular complexity index is 1380. The molecule has 0 N–H and O–H groups in total. The molecule has 1 aromatic heterocycles. The number of carbonyl (C=O) groups is 1. The summed E-state index contributed by atoms with van der Waals surface area (Å²) in [5.41, 5.74) is 6.78. The van der Waals surface area contributed by atoms with Crippen LogP contribution in [0.2, 0.25) is 0 Å². The molecule has 2 heterocycles. The van der Waals surface area contributed by atoms with Gasteiger partial charge in [-0.1, -0.05) is 97.4 Å². The number of carbonyl (C=O) groups excluding carboxylic acids is 1. The molecule has 3 aromatic carbocycles. The van der Waals surface area contributed by atoms with Crippen molar-refractivity contribution in [2.45, 2.75) is 39.5 Å². The van der Waals surface area contributed by atoms with E-state index in [4.69, 9.17) is 9.97 Å². The van der Waals surface area contributed by atoms with Crippen molar-refractivity contribution in [3.8, 4) is 11.4 Å². The minimum atomic E-state index is -0.0920. The Balaban J connectivity index is 1.42. The van der Waals surface area contributed by atoms with Gasteiger partial charge in [-0.05, 0) is 31.4 Å². The van der Waals surface area contributed by atoms with Crippen molar-refractivity contribution in [3.63, 3.8) is 0 Å². The van der Waals surface area contributed by atoms with E-state index in [1.54, 1.807) is 0 Å². The maximum atomic E-state index is 13.5. The number of benzene rings is 3. The average Bonchev–Trinajstić information content (AvgIpc) is 2.95. The SMILES string of the molecule is CC[C@@H](C(=O)N1CCN(c2nc(-c3ccccc3)nc(C)c2Cc2cccc(C)c2)CC1)c1ccccc1. The molecule has 1 aliphatic heterocycles. The van der Waals surface area contributed by atoms with Gasteiger partial charge in [-0.3, -0.25) is 4.79 Å². The van der Waals surface area contributed by atoms with E-state index in [0.717, 1.165) is 60.0 Å². The van der Waals surface area contributed by atoms with Gasteiger partial charge in [0.05, 0.1) is 5.92 Å². The minimum absolute atomic E-state index is 0.0920. The number of aryl methyl sites for hydroxylation is 2. The van der Waals surface area contributed by atoms with E-state index >= 15 is 0 Å². The Hall–Kier alpha value is -3.99. The first-order chi connectivity index (χ1) is 18.5. The average molecular weight is 505 g/mol. The molecule has 0 unspecified atom stereocenters. The van der Waals surface area contributed by atoms with Crippen LogP contribution in [0.25, 0.3) is 11.4 Å². The van der Waals surface area contributed by atoms with Crippen LogP contribution in [0.3, 0.4) is 0 Å². The van der Waals surface area contributed by atoms with Crippen molar-refractivity contribution < 1.29 is 4.79 Å². The summed E-state index contributed by atoms with van der Waals surface area (Å²) in [6, 6.07) is 29.0. The Morgan fingerprint density at radius 3 is 2.18 bits per heavy atom. The third-order valence-corrected chi connectivity index (χ3v) is 7.49. The molecule has 1 fully saturated rings. The van der Waals surface area contributed by atoms with Crippen LogP contribution < -0.4 is 4.90 Å². The van der Waals surface area contributed by atoms with E-state index < -0.39 is 0 Å². The molecule has 0 aliphatic carbocycles. The summed E-state index contributed by atoms with van der Waals surface area (Å²) in [7, 11) is 0. The molecule has 194 valence electrons. The summed E-state index contributed by atoms with van der Waals surface area (Å²) in [4.78, 5) is 27.9. The van der Waals surface area contributed by atoms with Gasteiger partial charge in [-0.2, -0.15) is 0 Å². The number of hydrogen-bond donors (Lipinski definition) is 0. The van der Waals surface area contributed by atoms with Gasteiger partial charge in [0.25, 0.3) is 0 Å². The first-order valence-electron chi connectivity index (χ1n) is 13.6. The number of hydrogen-bond acceptors (Lipinski definition) is 4. The maximum Gasteiger partial charge on any atom is 0.230 e. The van der Waals surface area contributed by atoms with Gasteiger partial charge < -0.3 is 9.80 Å². The summed E-state index contributed by atoms with van der Waals surface area (Å²) in [5, 5.41) is 0. The Labute approximate surface area is 226 Å². The number of piperazine rings is 1. The summed E-state index contributed by atoms with van der Waals surface area (Å²) in [5.74, 6) is 1.87. The van der Waals surface area contributed by atoms with E-state index in [0.29, 0.717) is 13.1 Å². The molecule has 1 saturated heterocycles. The second-order valence-corrected chi connectivity index (χ2v) is 10.2. The third-order valence-electron chi connectivity index (χ3n) is 7.49. The van der Waals surface area contributed by atoms with Crippen LogP contribution in [0, 0.1) is 13.8 Å². The fourth-order valence-electron chi connectivity index (χ4n) is 5.39. The molecule has 5 heteroatoms. The lowest BCUT2D eigenvalue weighted by Crippen LogP contribution is -2.50. The lowest BCUT2D eigenvalue weighted by molar-refractivity contribution is -0.133. The zero-order valence-corrected chi connectivity index (χ0v) is 22.6. The van der Waals surface area contributed by atoms with Crippen molar-refractivity contribution in [3.05, 3.63) is 113 Å². The highest BCUT2D eigenvalue weighted by Gasteiger charge is 2.29. The summed E-state index contributed by atoms with van der Waals surface area (Å²) < 4.78 is 0. The zero-order chi connectivity index (χ0) is 26.5. The normalized spacial score (nSPS) is 14.4. The van der Waals surface area contributed by atoms with Gasteiger partial charge in [0.2, 0.25) is 5.91 Å². The van der Waals surface area contributed by atoms with E-state index in [1.807, 2.05) is 41.3 Å². The quantitative estimate of drug-likeness (QED) is 0.301. The number of amides is 1. The number of nitrogens with zero attached hydrogens (tertiary/aromatic N) is 4. The smallest absolute Gasteiger partial charge is 0.230 e. The van der Waals surface area contributed by atoms with Crippen LogP contribution in [0.15, 0.2) is 84.9 Å². The van der Waals surface area contributed by atoms with E-state index in [1.165, 1.54) is 11.1 Å². The molecule has 38 heavy (non-hydrogen) atoms. The highest BCUT2D eigenvalue weighted by molar-refractivity contribution is 5.84. The molecule has 1 amide bonds. The monoisotopic (exact) mass is 504 g/mol. The number of aromatic nitrogens is 2. The van der Waals surface area contributed by atoms with Crippen LogP contribution in [-0.2, 0) is 11.2 Å². The Kier molecular flexibility index (Phi) is 7.83. The van der Waals surface area contributed by atoms with Crippen molar-refractivity contribution >= 4 is 11.7 Å². The molecule has 0 saturated carbocycles. The fourth-order valence-corrected chi connectivity index (χ4v) is 5.39. The zero-order valence-electron chi connectivity index (χ0n) is 22.6. The minimum Gasteiger partial charge on any atom is -0.353 e. The van der Waals surface area contributed by atoms with E-state index in [-0.39, 0.29) is 11.8 Å². The van der Waals surface area contributed by atoms with Crippen molar-refractivity contribution in [1.29, 1.82) is 0 Å². The summed E-state index contributed by atoms with van der Waals surface area (Å²) in [6.45, 7) is 9.20. The van der Waals surface area contributed by atoms with Crippen LogP contribution >= 0.6 is 0 Å². The fraction of sp³-hybridized carbons (Fsp3) is 0.303. The number of anilines is 1. The predicted molar refractivity (Wildman–Crippen MR) is 154 cm³/mol. The lowest BCUT2D eigenvalue weighted by Gasteiger charge is -2.38. The van der Waals surface area contributed by atoms with Crippen LogP contribution in [-0.4, -0.2) is 47.0 Å². The largest absolute Gasteiger partial charge is 0.353 e. The molecule has 1 aliphatic rings. The topological polar surface area (TPSA) is 49.3 Å². The molecule has 5 rings (SSSR count). The standard InChI is InChI=1S/C33H36N4O/c1-4-29(27-14-7-5-8-15-27)33(38)37-20-18-36(19-21-37)32-30(23-26-13-11-12-24(2)22-26)25(3)34-31(35-32)28-16-9-6-10-17-28/h5-17,22,29H,4,18-21,23H2,1-3H3/t29-/m1/s1. The lowest BCUT2D eigenvalue weighted by atomic mass is 9.94. The van der Waals surface area contributed by atoms with E-state index in [9.17, 15) is 4.79 Å². The van der Waals surface area contributed by atoms with Gasteiger partial charge >= 0.3 is 0 Å². The molecule has 0 radical (unpaired) electrons. The highest BCUT2D eigenvalue weighted by atomic mass is 16.2. The molecular weight excluding hydrogens is 468 g/mol. The van der Waals surface area contributed by atoms with Crippen molar-refractivity contribution in [2.75, 3.05) is 31.1 Å². The molecule has 4 aromatic rings. The molecule has 5 nitrogen and oxygen atoms in total. The third kappa shape index (κ3) is 5.62. The van der Waals surface area contributed by atoms with Gasteiger partial charge in [0, 0.05) is 49.4 Å². The molecular formula is C33H36N4O. The van der Waals surface area contributed by atoms with Crippen molar-refractivity contribution in [2.24, 2.45) is 0 Å². The number of rotatable bonds is 7. The van der Waals surface area contributed by atoms with Gasteiger partial charge in [-0.15, -0.1) is 0 Å². The Morgan fingerprint density at radius 2 is 1.53 bits per heavy atom. The molecule has 0 spiro atoms. The first kappa shape index (κ1) is 25.7. The van der Waals surface area contributed by atoms with Crippen LogP contribution in [0.1, 0.15) is 47.2 Å². The predicted octanol–water partition coefficient (Wildman–Crippen LogP) is 6.19. The summed E-state index contributed by atoms with van der Waals surface area (Å²) >= 11 is 0. The highest BCUT2D eigenvalue weighted by Crippen LogP contribution is 2.29. The van der Waals surface area contributed by atoms with Gasteiger partial charge in [-0.25, -0.2) is 9.97 Å². The molecule has 0 bridgehead atoms. The van der Waals surface area contributed by atoms with Crippen molar-refractivity contribution in [1.82, 2.24) is 14.9 Å². The van der Waals surface area contributed by atoms with Gasteiger partial charge in [0.1, 0.15) is 5.82 Å².